The van der Waals surface area contributed by atoms with Gasteiger partial charge in [0.15, 0.2) is 5.96 Å². The van der Waals surface area contributed by atoms with Crippen LogP contribution in [0.25, 0.3) is 11.0 Å². The SMILES string of the molecule is CCOc1cc(CNC(=NC)NCCCn2c(C)nc3ccccc32)ccn1.I. The Balaban J connectivity index is 0.00000300. The number of imidazole rings is 1. The first-order chi connectivity index (χ1) is 13.7. The second-order valence-electron chi connectivity index (χ2n) is 6.44. The lowest BCUT2D eigenvalue weighted by Gasteiger charge is -2.13. The number of aliphatic imine (C=N–C) groups is 1. The summed E-state index contributed by atoms with van der Waals surface area (Å²) in [5.74, 6) is 2.47. The molecule has 2 aromatic heterocycles. The number of para-hydroxylation sites is 2. The molecule has 2 N–H and O–H groups in total. The van der Waals surface area contributed by atoms with Crippen LogP contribution >= 0.6 is 24.0 Å². The molecule has 8 heteroatoms. The van der Waals surface area contributed by atoms with Crippen LogP contribution in [0.3, 0.4) is 0 Å². The third-order valence-corrected chi connectivity index (χ3v) is 4.47. The Hall–Kier alpha value is -2.36. The molecule has 29 heavy (non-hydrogen) atoms. The molecule has 3 aromatic rings. The minimum absolute atomic E-state index is 0. The van der Waals surface area contributed by atoms with Crippen molar-refractivity contribution in [2.45, 2.75) is 33.4 Å². The Kier molecular flexibility index (Phi) is 9.17. The van der Waals surface area contributed by atoms with Crippen molar-refractivity contribution in [3.8, 4) is 5.88 Å². The van der Waals surface area contributed by atoms with Crippen LogP contribution in [-0.2, 0) is 13.1 Å². The number of aromatic nitrogens is 3. The zero-order valence-corrected chi connectivity index (χ0v) is 19.5. The second-order valence-corrected chi connectivity index (χ2v) is 6.44. The number of nitrogens with one attached hydrogen (secondary N) is 2. The predicted molar refractivity (Wildman–Crippen MR) is 128 cm³/mol. The van der Waals surface area contributed by atoms with Crippen molar-refractivity contribution in [2.24, 2.45) is 4.99 Å². The van der Waals surface area contributed by atoms with Crippen molar-refractivity contribution < 1.29 is 4.74 Å². The van der Waals surface area contributed by atoms with Gasteiger partial charge in [0, 0.05) is 38.9 Å². The Labute approximate surface area is 189 Å². The molecule has 0 saturated carbocycles. The number of hydrogen-bond acceptors (Lipinski definition) is 4. The van der Waals surface area contributed by atoms with Gasteiger partial charge in [-0.1, -0.05) is 12.1 Å². The second kappa shape index (κ2) is 11.6. The number of benzene rings is 1. The highest BCUT2D eigenvalue weighted by molar-refractivity contribution is 14.0. The van der Waals surface area contributed by atoms with Crippen molar-refractivity contribution in [1.29, 1.82) is 0 Å². The molecule has 0 aliphatic carbocycles. The summed E-state index contributed by atoms with van der Waals surface area (Å²) in [6, 6.07) is 12.2. The van der Waals surface area contributed by atoms with E-state index in [1.54, 1.807) is 13.2 Å². The van der Waals surface area contributed by atoms with Crippen molar-refractivity contribution >= 4 is 41.0 Å². The molecule has 3 rings (SSSR count). The fourth-order valence-electron chi connectivity index (χ4n) is 3.12. The average molecular weight is 508 g/mol. The third-order valence-electron chi connectivity index (χ3n) is 4.47. The molecule has 2 heterocycles. The quantitative estimate of drug-likeness (QED) is 0.211. The molecule has 0 aliphatic rings. The zero-order valence-electron chi connectivity index (χ0n) is 17.2. The van der Waals surface area contributed by atoms with Gasteiger partial charge in [-0.3, -0.25) is 4.99 Å². The number of aryl methyl sites for hydroxylation is 2. The molecule has 0 atom stereocenters. The third kappa shape index (κ3) is 6.31. The summed E-state index contributed by atoms with van der Waals surface area (Å²) in [4.78, 5) is 13.1. The van der Waals surface area contributed by atoms with E-state index < -0.39 is 0 Å². The number of hydrogen-bond donors (Lipinski definition) is 2. The first kappa shape index (κ1) is 22.9. The van der Waals surface area contributed by atoms with Crippen LogP contribution in [0.15, 0.2) is 47.6 Å². The number of rotatable bonds is 8. The highest BCUT2D eigenvalue weighted by atomic mass is 127. The lowest BCUT2D eigenvalue weighted by Crippen LogP contribution is -2.37. The van der Waals surface area contributed by atoms with E-state index >= 15 is 0 Å². The number of nitrogens with zero attached hydrogens (tertiary/aromatic N) is 4. The topological polar surface area (TPSA) is 76.4 Å². The van der Waals surface area contributed by atoms with Gasteiger partial charge in [-0.05, 0) is 44.0 Å². The standard InChI is InChI=1S/C21H28N6O.HI/c1-4-28-20-14-17(10-12-23-20)15-25-21(22-3)24-11-7-13-27-16(2)26-18-8-5-6-9-19(18)27;/h5-6,8-10,12,14H,4,7,11,13,15H2,1-3H3,(H2,22,24,25);1H. The maximum atomic E-state index is 5.44. The van der Waals surface area contributed by atoms with E-state index in [1.807, 2.05) is 25.1 Å². The Morgan fingerprint density at radius 1 is 1.21 bits per heavy atom. The van der Waals surface area contributed by atoms with E-state index in [2.05, 4.69) is 55.3 Å². The van der Waals surface area contributed by atoms with Gasteiger partial charge in [-0.2, -0.15) is 0 Å². The monoisotopic (exact) mass is 508 g/mol. The van der Waals surface area contributed by atoms with Crippen LogP contribution in [0.2, 0.25) is 0 Å². The van der Waals surface area contributed by atoms with E-state index in [4.69, 9.17) is 4.74 Å². The van der Waals surface area contributed by atoms with Crippen LogP contribution in [0, 0.1) is 6.92 Å². The Morgan fingerprint density at radius 3 is 2.83 bits per heavy atom. The van der Waals surface area contributed by atoms with Gasteiger partial charge < -0.3 is 19.9 Å². The lowest BCUT2D eigenvalue weighted by atomic mass is 10.2. The Bertz CT molecular complexity index is 940. The molecule has 0 radical (unpaired) electrons. The molecule has 7 nitrogen and oxygen atoms in total. The van der Waals surface area contributed by atoms with Crippen LogP contribution in [0.1, 0.15) is 24.7 Å². The summed E-state index contributed by atoms with van der Waals surface area (Å²) in [7, 11) is 1.78. The van der Waals surface area contributed by atoms with Crippen LogP contribution < -0.4 is 15.4 Å². The van der Waals surface area contributed by atoms with Crippen LogP contribution in [0.4, 0.5) is 0 Å². The Morgan fingerprint density at radius 2 is 2.03 bits per heavy atom. The smallest absolute Gasteiger partial charge is 0.213 e. The maximum Gasteiger partial charge on any atom is 0.213 e. The van der Waals surface area contributed by atoms with Crippen molar-refractivity contribution in [3.05, 3.63) is 54.0 Å². The van der Waals surface area contributed by atoms with Crippen molar-refractivity contribution in [2.75, 3.05) is 20.2 Å². The number of pyridine rings is 1. The summed E-state index contributed by atoms with van der Waals surface area (Å²) in [6.45, 7) is 7.02. The molecular weight excluding hydrogens is 479 g/mol. The molecule has 0 fully saturated rings. The van der Waals surface area contributed by atoms with Crippen LogP contribution in [-0.4, -0.2) is 40.7 Å². The molecule has 0 saturated heterocycles. The predicted octanol–water partition coefficient (Wildman–Crippen LogP) is 3.51. The first-order valence-corrected chi connectivity index (χ1v) is 9.65. The number of guanidine groups is 1. The van der Waals surface area contributed by atoms with Gasteiger partial charge in [0.2, 0.25) is 5.88 Å². The fourth-order valence-corrected chi connectivity index (χ4v) is 3.12. The summed E-state index contributed by atoms with van der Waals surface area (Å²) in [6.07, 6.45) is 2.74. The first-order valence-electron chi connectivity index (χ1n) is 9.65. The number of halogens is 1. The van der Waals surface area contributed by atoms with E-state index in [-0.39, 0.29) is 24.0 Å². The van der Waals surface area contributed by atoms with E-state index in [9.17, 15) is 0 Å². The van der Waals surface area contributed by atoms with E-state index in [1.165, 1.54) is 5.52 Å². The maximum absolute atomic E-state index is 5.44. The molecule has 1 aromatic carbocycles. The summed E-state index contributed by atoms with van der Waals surface area (Å²) in [5.41, 5.74) is 3.33. The molecule has 0 amide bonds. The van der Waals surface area contributed by atoms with E-state index in [0.29, 0.717) is 19.0 Å². The van der Waals surface area contributed by atoms with Gasteiger partial charge in [0.25, 0.3) is 0 Å². The van der Waals surface area contributed by atoms with Gasteiger partial charge in [0.1, 0.15) is 5.82 Å². The minimum atomic E-state index is 0. The zero-order chi connectivity index (χ0) is 19.8. The highest BCUT2D eigenvalue weighted by Crippen LogP contribution is 2.15. The van der Waals surface area contributed by atoms with Crippen molar-refractivity contribution in [3.63, 3.8) is 0 Å². The summed E-state index contributed by atoms with van der Waals surface area (Å²) < 4.78 is 7.71. The number of ether oxygens (including phenoxy) is 1. The van der Waals surface area contributed by atoms with Gasteiger partial charge >= 0.3 is 0 Å². The van der Waals surface area contributed by atoms with Crippen LogP contribution in [0.5, 0.6) is 5.88 Å². The summed E-state index contributed by atoms with van der Waals surface area (Å²) in [5, 5.41) is 6.69. The number of fused-ring (bicyclic) bond motifs is 1. The van der Waals surface area contributed by atoms with Gasteiger partial charge in [-0.25, -0.2) is 9.97 Å². The lowest BCUT2D eigenvalue weighted by molar-refractivity contribution is 0.326. The van der Waals surface area contributed by atoms with Gasteiger partial charge in [0.05, 0.1) is 17.6 Å². The molecule has 156 valence electrons. The average Bonchev–Trinajstić information content (AvgIpc) is 3.03. The molecular formula is C21H29IN6O. The summed E-state index contributed by atoms with van der Waals surface area (Å²) >= 11 is 0. The molecule has 0 spiro atoms. The molecule has 0 bridgehead atoms. The van der Waals surface area contributed by atoms with Gasteiger partial charge in [-0.15, -0.1) is 24.0 Å². The largest absolute Gasteiger partial charge is 0.478 e. The van der Waals surface area contributed by atoms with E-state index in [0.717, 1.165) is 42.4 Å². The highest BCUT2D eigenvalue weighted by Gasteiger charge is 2.06. The van der Waals surface area contributed by atoms with Crippen molar-refractivity contribution in [1.82, 2.24) is 25.2 Å². The molecule has 0 unspecified atom stereocenters. The normalized spacial score (nSPS) is 11.2. The molecule has 0 aliphatic heterocycles. The fraction of sp³-hybridized carbons (Fsp3) is 0.381. The minimum Gasteiger partial charge on any atom is -0.478 e.